The van der Waals surface area contributed by atoms with Crippen LogP contribution in [0.5, 0.6) is 0 Å². The second-order valence-corrected chi connectivity index (χ2v) is 8.74. The topological polar surface area (TPSA) is 42.2 Å². The lowest BCUT2D eigenvalue weighted by atomic mass is 9.67. The van der Waals surface area contributed by atoms with Gasteiger partial charge in [0.1, 0.15) is 0 Å². The Morgan fingerprint density at radius 2 is 1.86 bits per heavy atom. The Labute approximate surface area is 170 Å². The molecule has 1 heterocycles. The van der Waals surface area contributed by atoms with E-state index in [1.54, 1.807) is 0 Å². The lowest BCUT2D eigenvalue weighted by Gasteiger charge is -2.42. The molecule has 5 rings (SSSR count). The fourth-order valence-corrected chi connectivity index (χ4v) is 4.65. The molecule has 0 aliphatic heterocycles. The first-order chi connectivity index (χ1) is 13.6. The van der Waals surface area contributed by atoms with Crippen molar-refractivity contribution >= 4 is 11.6 Å². The Morgan fingerprint density at radius 3 is 2.54 bits per heavy atom. The molecule has 3 aromatic rings. The van der Waals surface area contributed by atoms with E-state index in [-0.39, 0.29) is 5.41 Å². The van der Waals surface area contributed by atoms with E-state index in [2.05, 4.69) is 47.4 Å². The first-order valence-corrected chi connectivity index (χ1v) is 10.4. The molecule has 1 aromatic heterocycles. The van der Waals surface area contributed by atoms with Crippen LogP contribution in [0.2, 0.25) is 5.02 Å². The lowest BCUT2D eigenvalue weighted by Crippen LogP contribution is -2.46. The number of benzene rings is 2. The van der Waals surface area contributed by atoms with Crippen LogP contribution in [0.3, 0.4) is 0 Å². The molecule has 2 aromatic carbocycles. The minimum Gasteiger partial charge on any atom is -0.334 e. The van der Waals surface area contributed by atoms with Gasteiger partial charge in [0.05, 0.1) is 0 Å². The maximum absolute atomic E-state index is 5.99. The van der Waals surface area contributed by atoms with Crippen molar-refractivity contribution < 1.29 is 4.52 Å². The predicted octanol–water partition coefficient (Wildman–Crippen LogP) is 5.30. The molecule has 2 atom stereocenters. The Morgan fingerprint density at radius 1 is 1.11 bits per heavy atom. The zero-order valence-electron chi connectivity index (χ0n) is 16.0. The van der Waals surface area contributed by atoms with Gasteiger partial charge in [0, 0.05) is 34.5 Å². The summed E-state index contributed by atoms with van der Waals surface area (Å²) in [6.07, 6.45) is 4.71. The molecule has 0 amide bonds. The van der Waals surface area contributed by atoms with E-state index in [1.807, 2.05) is 24.3 Å². The minimum atomic E-state index is 0.0206. The van der Waals surface area contributed by atoms with E-state index in [4.69, 9.17) is 21.1 Å². The lowest BCUT2D eigenvalue weighted by molar-refractivity contribution is 0.141. The van der Waals surface area contributed by atoms with Crippen molar-refractivity contribution in [3.05, 3.63) is 71.0 Å². The molecular formula is C23H24ClN3O. The predicted molar refractivity (Wildman–Crippen MR) is 110 cm³/mol. The molecule has 1 unspecified atom stereocenters. The van der Waals surface area contributed by atoms with E-state index in [0.29, 0.717) is 22.9 Å². The van der Waals surface area contributed by atoms with E-state index in [1.165, 1.54) is 18.4 Å². The van der Waals surface area contributed by atoms with Crippen LogP contribution in [0.25, 0.3) is 11.5 Å². The van der Waals surface area contributed by atoms with Crippen LogP contribution in [-0.4, -0.2) is 34.7 Å². The molecule has 144 valence electrons. The first-order valence-electron chi connectivity index (χ1n) is 10.00. The highest BCUT2D eigenvalue weighted by Gasteiger charge is 2.48. The van der Waals surface area contributed by atoms with Gasteiger partial charge >= 0.3 is 0 Å². The number of aromatic nitrogens is 2. The van der Waals surface area contributed by atoms with E-state index >= 15 is 0 Å². The summed E-state index contributed by atoms with van der Waals surface area (Å²) in [5, 5.41) is 5.08. The smallest absolute Gasteiger partial charge is 0.257 e. The molecular weight excluding hydrogens is 370 g/mol. The van der Waals surface area contributed by atoms with Crippen LogP contribution >= 0.6 is 11.6 Å². The second kappa shape index (κ2) is 7.02. The Hall–Kier alpha value is -2.17. The van der Waals surface area contributed by atoms with Gasteiger partial charge in [-0.05, 0) is 56.1 Å². The molecule has 4 nitrogen and oxygen atoms in total. The summed E-state index contributed by atoms with van der Waals surface area (Å²) >= 11 is 5.99. The van der Waals surface area contributed by atoms with Crippen molar-refractivity contribution in [2.24, 2.45) is 0 Å². The van der Waals surface area contributed by atoms with Gasteiger partial charge in [-0.15, -0.1) is 0 Å². The molecule has 2 fully saturated rings. The molecule has 0 bridgehead atoms. The average molecular weight is 394 g/mol. The Bertz CT molecular complexity index is 949. The SMILES string of the molecule is CN(CC1(c2noc(-c3ccc(Cl)cc3)n2)CCC1)[C@H]1CC1c1ccccc1. The summed E-state index contributed by atoms with van der Waals surface area (Å²) in [6.45, 7) is 0.987. The summed E-state index contributed by atoms with van der Waals surface area (Å²) < 4.78 is 5.60. The van der Waals surface area contributed by atoms with E-state index < -0.39 is 0 Å². The molecule has 0 radical (unpaired) electrons. The van der Waals surface area contributed by atoms with Crippen molar-refractivity contribution in [2.45, 2.75) is 43.1 Å². The van der Waals surface area contributed by atoms with E-state index in [0.717, 1.165) is 30.8 Å². The van der Waals surface area contributed by atoms with Crippen LogP contribution in [0.4, 0.5) is 0 Å². The number of halogens is 1. The van der Waals surface area contributed by atoms with Gasteiger partial charge in [-0.2, -0.15) is 4.98 Å². The fourth-order valence-electron chi connectivity index (χ4n) is 4.53. The number of hydrogen-bond donors (Lipinski definition) is 0. The van der Waals surface area contributed by atoms with Gasteiger partial charge in [-0.3, -0.25) is 0 Å². The van der Waals surface area contributed by atoms with Crippen LogP contribution in [0, 0.1) is 0 Å². The zero-order chi connectivity index (χ0) is 19.1. The van der Waals surface area contributed by atoms with Crippen LogP contribution in [0.1, 0.15) is 43.0 Å². The molecule has 0 N–H and O–H groups in total. The maximum Gasteiger partial charge on any atom is 0.257 e. The van der Waals surface area contributed by atoms with Crippen molar-refractivity contribution in [2.75, 3.05) is 13.6 Å². The summed E-state index contributed by atoms with van der Waals surface area (Å²) in [5.74, 6) is 2.08. The molecule has 2 aliphatic carbocycles. The normalized spacial score (nSPS) is 22.8. The molecule has 5 heteroatoms. The monoisotopic (exact) mass is 393 g/mol. The van der Waals surface area contributed by atoms with Crippen molar-refractivity contribution in [1.82, 2.24) is 15.0 Å². The third kappa shape index (κ3) is 3.25. The molecule has 0 spiro atoms. The highest BCUT2D eigenvalue weighted by molar-refractivity contribution is 6.30. The van der Waals surface area contributed by atoms with Gasteiger partial charge in [0.15, 0.2) is 5.82 Å². The largest absolute Gasteiger partial charge is 0.334 e. The number of hydrogen-bond acceptors (Lipinski definition) is 4. The first kappa shape index (κ1) is 17.9. The third-order valence-corrected chi connectivity index (χ3v) is 6.66. The zero-order valence-corrected chi connectivity index (χ0v) is 16.8. The number of rotatable bonds is 6. The molecule has 2 saturated carbocycles. The second-order valence-electron chi connectivity index (χ2n) is 8.30. The summed E-state index contributed by atoms with van der Waals surface area (Å²) in [5.41, 5.74) is 2.39. The van der Waals surface area contributed by atoms with Gasteiger partial charge < -0.3 is 9.42 Å². The summed E-state index contributed by atoms with van der Waals surface area (Å²) in [4.78, 5) is 7.28. The average Bonchev–Trinajstić information content (AvgIpc) is 3.35. The maximum atomic E-state index is 5.99. The van der Waals surface area contributed by atoms with E-state index in [9.17, 15) is 0 Å². The van der Waals surface area contributed by atoms with Crippen LogP contribution in [-0.2, 0) is 5.41 Å². The summed E-state index contributed by atoms with van der Waals surface area (Å²) in [7, 11) is 2.24. The minimum absolute atomic E-state index is 0.0206. The van der Waals surface area contributed by atoms with Crippen LogP contribution < -0.4 is 0 Å². The highest BCUT2D eigenvalue weighted by Crippen LogP contribution is 2.48. The standard InChI is InChI=1S/C23H24ClN3O/c1-27(20-14-19(20)16-6-3-2-4-7-16)15-23(12-5-13-23)22-25-21(28-26-22)17-8-10-18(24)11-9-17/h2-4,6-11,19-20H,5,12-15H2,1H3/t19?,20-/m0/s1. The van der Waals surface area contributed by atoms with Gasteiger partial charge in [0.25, 0.3) is 5.89 Å². The number of likely N-dealkylation sites (N-methyl/N-ethyl adjacent to an activating group) is 1. The summed E-state index contributed by atoms with van der Waals surface area (Å²) in [6, 6.07) is 19.0. The number of nitrogens with zero attached hydrogens (tertiary/aromatic N) is 3. The Balaban J connectivity index is 1.31. The van der Waals surface area contributed by atoms with Crippen LogP contribution in [0.15, 0.2) is 59.1 Å². The van der Waals surface area contributed by atoms with Gasteiger partial charge in [0.2, 0.25) is 0 Å². The molecule has 2 aliphatic rings. The molecule has 28 heavy (non-hydrogen) atoms. The molecule has 0 saturated heterocycles. The highest BCUT2D eigenvalue weighted by atomic mass is 35.5. The van der Waals surface area contributed by atoms with Gasteiger partial charge in [-0.1, -0.05) is 53.5 Å². The third-order valence-electron chi connectivity index (χ3n) is 6.40. The van der Waals surface area contributed by atoms with Crippen molar-refractivity contribution in [3.8, 4) is 11.5 Å². The Kier molecular flexibility index (Phi) is 4.48. The van der Waals surface area contributed by atoms with Crippen molar-refractivity contribution in [1.29, 1.82) is 0 Å². The van der Waals surface area contributed by atoms with Gasteiger partial charge in [-0.25, -0.2) is 0 Å². The van der Waals surface area contributed by atoms with Crippen molar-refractivity contribution in [3.63, 3.8) is 0 Å². The quantitative estimate of drug-likeness (QED) is 0.569. The fraction of sp³-hybridized carbons (Fsp3) is 0.391.